The van der Waals surface area contributed by atoms with E-state index in [1.165, 1.54) is 0 Å². The summed E-state index contributed by atoms with van der Waals surface area (Å²) in [4.78, 5) is 21.2. The Kier molecular flexibility index (Phi) is 4.01. The highest BCUT2D eigenvalue weighted by atomic mass is 16.2. The van der Waals surface area contributed by atoms with Crippen LogP contribution in [-0.4, -0.2) is 25.7 Å². The van der Waals surface area contributed by atoms with E-state index in [0.717, 1.165) is 35.6 Å². The number of benzene rings is 1. The summed E-state index contributed by atoms with van der Waals surface area (Å²) in [6.07, 6.45) is 3.32. The third-order valence-corrected chi connectivity index (χ3v) is 4.35. The maximum absolute atomic E-state index is 12.1. The normalized spacial score (nSPS) is 15.9. The van der Waals surface area contributed by atoms with Gasteiger partial charge in [-0.1, -0.05) is 31.2 Å². The fraction of sp³-hybridized carbons (Fsp3) is 0.263. The Morgan fingerprint density at radius 3 is 2.80 bits per heavy atom. The Hall–Kier alpha value is -3.02. The van der Waals surface area contributed by atoms with Crippen LogP contribution < -0.4 is 5.32 Å². The van der Waals surface area contributed by atoms with Gasteiger partial charge in [0, 0.05) is 24.7 Å². The standard InChI is InChI=1S/C19H19N5O/c1-2-11-24-17(22-18(23-24)15-9-5-6-10-20-15)12-16-13-7-3-4-8-14(13)19(25)21-16/h3-10,16H,2,11-12H2,1H3,(H,21,25)/t16-/m1/s1. The minimum absolute atomic E-state index is 0.0212. The average Bonchev–Trinajstić information content (AvgIpc) is 3.19. The van der Waals surface area contributed by atoms with Gasteiger partial charge in [-0.3, -0.25) is 9.78 Å². The zero-order chi connectivity index (χ0) is 17.2. The number of fused-ring (bicyclic) bond motifs is 1. The van der Waals surface area contributed by atoms with Crippen LogP contribution >= 0.6 is 0 Å². The molecule has 3 aromatic rings. The van der Waals surface area contributed by atoms with Crippen molar-refractivity contribution in [1.29, 1.82) is 0 Å². The minimum atomic E-state index is -0.0694. The molecule has 25 heavy (non-hydrogen) atoms. The lowest BCUT2D eigenvalue weighted by Gasteiger charge is -2.11. The SMILES string of the molecule is CCCn1nc(-c2ccccn2)nc1C[C@H]1NC(=O)c2ccccc21. The highest BCUT2D eigenvalue weighted by molar-refractivity contribution is 5.99. The predicted octanol–water partition coefficient (Wildman–Crippen LogP) is 2.78. The summed E-state index contributed by atoms with van der Waals surface area (Å²) in [5.41, 5.74) is 2.53. The fourth-order valence-electron chi connectivity index (χ4n) is 3.18. The minimum Gasteiger partial charge on any atom is -0.345 e. The molecule has 2 aromatic heterocycles. The number of amides is 1. The molecule has 0 saturated heterocycles. The molecule has 1 amide bonds. The zero-order valence-electron chi connectivity index (χ0n) is 14.0. The third-order valence-electron chi connectivity index (χ3n) is 4.35. The first kappa shape index (κ1) is 15.5. The van der Waals surface area contributed by atoms with Crippen LogP contribution in [0.4, 0.5) is 0 Å². The lowest BCUT2D eigenvalue weighted by molar-refractivity contribution is 0.0956. The van der Waals surface area contributed by atoms with Crippen LogP contribution in [0.3, 0.4) is 0 Å². The van der Waals surface area contributed by atoms with E-state index in [-0.39, 0.29) is 11.9 Å². The molecule has 0 aliphatic carbocycles. The van der Waals surface area contributed by atoms with Gasteiger partial charge in [0.25, 0.3) is 5.91 Å². The van der Waals surface area contributed by atoms with Crippen molar-refractivity contribution in [1.82, 2.24) is 25.1 Å². The molecule has 6 nitrogen and oxygen atoms in total. The zero-order valence-corrected chi connectivity index (χ0v) is 14.0. The molecule has 1 N–H and O–H groups in total. The van der Waals surface area contributed by atoms with Crippen molar-refractivity contribution in [3.8, 4) is 11.5 Å². The summed E-state index contributed by atoms with van der Waals surface area (Å²) in [6, 6.07) is 13.3. The Balaban J connectivity index is 1.66. The number of pyridine rings is 1. The van der Waals surface area contributed by atoms with Crippen molar-refractivity contribution in [2.45, 2.75) is 32.4 Å². The van der Waals surface area contributed by atoms with Gasteiger partial charge < -0.3 is 5.32 Å². The monoisotopic (exact) mass is 333 g/mol. The second kappa shape index (κ2) is 6.47. The van der Waals surface area contributed by atoms with Crippen LogP contribution in [0.15, 0.2) is 48.7 Å². The predicted molar refractivity (Wildman–Crippen MR) is 93.9 cm³/mol. The summed E-state index contributed by atoms with van der Waals surface area (Å²) in [5.74, 6) is 1.47. The summed E-state index contributed by atoms with van der Waals surface area (Å²) in [6.45, 7) is 2.90. The summed E-state index contributed by atoms with van der Waals surface area (Å²) < 4.78 is 1.93. The van der Waals surface area contributed by atoms with Gasteiger partial charge in [-0.15, -0.1) is 5.10 Å². The number of hydrogen-bond acceptors (Lipinski definition) is 4. The van der Waals surface area contributed by atoms with Crippen LogP contribution in [0.25, 0.3) is 11.5 Å². The van der Waals surface area contributed by atoms with Crippen LogP contribution in [0.2, 0.25) is 0 Å². The summed E-state index contributed by atoms with van der Waals surface area (Å²) >= 11 is 0. The molecule has 4 rings (SSSR count). The molecule has 0 saturated carbocycles. The highest BCUT2D eigenvalue weighted by Crippen LogP contribution is 2.28. The number of rotatable bonds is 5. The Labute approximate surface area is 145 Å². The molecule has 3 heterocycles. The topological polar surface area (TPSA) is 72.7 Å². The quantitative estimate of drug-likeness (QED) is 0.779. The Bertz CT molecular complexity index is 903. The molecule has 0 bridgehead atoms. The van der Waals surface area contributed by atoms with E-state index in [1.54, 1.807) is 6.20 Å². The maximum atomic E-state index is 12.1. The molecular weight excluding hydrogens is 314 g/mol. The van der Waals surface area contributed by atoms with Gasteiger partial charge in [-0.2, -0.15) is 0 Å². The molecule has 126 valence electrons. The third kappa shape index (κ3) is 2.91. The number of nitrogens with zero attached hydrogens (tertiary/aromatic N) is 4. The molecular formula is C19H19N5O. The van der Waals surface area contributed by atoms with Crippen LogP contribution in [0.1, 0.15) is 41.1 Å². The molecule has 6 heteroatoms. The first-order chi connectivity index (χ1) is 12.3. The lowest BCUT2D eigenvalue weighted by atomic mass is 10.0. The smallest absolute Gasteiger partial charge is 0.252 e. The second-order valence-corrected chi connectivity index (χ2v) is 6.11. The second-order valence-electron chi connectivity index (χ2n) is 6.11. The van der Waals surface area contributed by atoms with Crippen molar-refractivity contribution in [3.63, 3.8) is 0 Å². The van der Waals surface area contributed by atoms with E-state index in [1.807, 2.05) is 47.1 Å². The van der Waals surface area contributed by atoms with Crippen molar-refractivity contribution in [2.24, 2.45) is 0 Å². The molecule has 1 aromatic carbocycles. The first-order valence-corrected chi connectivity index (χ1v) is 8.51. The van der Waals surface area contributed by atoms with Gasteiger partial charge in [-0.05, 0) is 30.2 Å². The van der Waals surface area contributed by atoms with Crippen molar-refractivity contribution in [3.05, 3.63) is 65.6 Å². The number of aromatic nitrogens is 4. The molecule has 0 spiro atoms. The van der Waals surface area contributed by atoms with Gasteiger partial charge in [0.2, 0.25) is 0 Å². The molecule has 1 aliphatic rings. The van der Waals surface area contributed by atoms with E-state index >= 15 is 0 Å². The van der Waals surface area contributed by atoms with E-state index in [9.17, 15) is 4.79 Å². The van der Waals surface area contributed by atoms with Crippen molar-refractivity contribution in [2.75, 3.05) is 0 Å². The molecule has 0 radical (unpaired) electrons. The number of carbonyl (C=O) groups excluding carboxylic acids is 1. The van der Waals surface area contributed by atoms with E-state index in [4.69, 9.17) is 4.98 Å². The fourth-order valence-corrected chi connectivity index (χ4v) is 3.18. The van der Waals surface area contributed by atoms with Gasteiger partial charge >= 0.3 is 0 Å². The lowest BCUT2D eigenvalue weighted by Crippen LogP contribution is -2.22. The van der Waals surface area contributed by atoms with Gasteiger partial charge in [0.05, 0.1) is 6.04 Å². The van der Waals surface area contributed by atoms with Gasteiger partial charge in [0.1, 0.15) is 11.5 Å². The van der Waals surface area contributed by atoms with E-state index < -0.39 is 0 Å². The van der Waals surface area contributed by atoms with Crippen LogP contribution in [0.5, 0.6) is 0 Å². The van der Waals surface area contributed by atoms with E-state index in [0.29, 0.717) is 12.2 Å². The average molecular weight is 333 g/mol. The first-order valence-electron chi connectivity index (χ1n) is 8.51. The summed E-state index contributed by atoms with van der Waals surface area (Å²) in [5, 5.41) is 7.67. The molecule has 1 atom stereocenters. The van der Waals surface area contributed by atoms with Crippen molar-refractivity contribution < 1.29 is 4.79 Å². The number of aryl methyl sites for hydroxylation is 1. The number of hydrogen-bond donors (Lipinski definition) is 1. The summed E-state index contributed by atoms with van der Waals surface area (Å²) in [7, 11) is 0. The van der Waals surface area contributed by atoms with E-state index in [2.05, 4.69) is 22.3 Å². The largest absolute Gasteiger partial charge is 0.345 e. The Morgan fingerprint density at radius 1 is 1.16 bits per heavy atom. The number of carbonyl (C=O) groups is 1. The highest BCUT2D eigenvalue weighted by Gasteiger charge is 2.29. The van der Waals surface area contributed by atoms with Crippen molar-refractivity contribution >= 4 is 5.91 Å². The van der Waals surface area contributed by atoms with Gasteiger partial charge in [0.15, 0.2) is 5.82 Å². The van der Waals surface area contributed by atoms with Crippen LogP contribution in [-0.2, 0) is 13.0 Å². The molecule has 0 unspecified atom stereocenters. The Morgan fingerprint density at radius 2 is 2.00 bits per heavy atom. The maximum Gasteiger partial charge on any atom is 0.252 e. The molecule has 1 aliphatic heterocycles. The van der Waals surface area contributed by atoms with Crippen LogP contribution in [0, 0.1) is 0 Å². The molecule has 0 fully saturated rings. The number of nitrogens with one attached hydrogen (secondary N) is 1. The van der Waals surface area contributed by atoms with Gasteiger partial charge in [-0.25, -0.2) is 9.67 Å².